The van der Waals surface area contributed by atoms with Gasteiger partial charge in [-0.1, -0.05) is 18.5 Å². The lowest BCUT2D eigenvalue weighted by Gasteiger charge is -2.05. The van der Waals surface area contributed by atoms with Gasteiger partial charge in [0.15, 0.2) is 0 Å². The maximum Gasteiger partial charge on any atom is 0.258 e. The van der Waals surface area contributed by atoms with Crippen LogP contribution in [0.5, 0.6) is 5.88 Å². The van der Waals surface area contributed by atoms with E-state index in [1.54, 1.807) is 6.92 Å². The van der Waals surface area contributed by atoms with Crippen LogP contribution in [-0.4, -0.2) is 15.1 Å². The van der Waals surface area contributed by atoms with Crippen LogP contribution in [0, 0.1) is 5.82 Å². The summed E-state index contributed by atoms with van der Waals surface area (Å²) in [6.45, 7) is 1.73. The van der Waals surface area contributed by atoms with Crippen molar-refractivity contribution in [2.45, 2.75) is 13.3 Å². The van der Waals surface area contributed by atoms with E-state index in [1.165, 1.54) is 12.1 Å². The minimum Gasteiger partial charge on any atom is -0.493 e. The van der Waals surface area contributed by atoms with Crippen molar-refractivity contribution in [2.24, 2.45) is 0 Å². The van der Waals surface area contributed by atoms with E-state index >= 15 is 0 Å². The number of H-pyrrole nitrogens is 1. The fourth-order valence-corrected chi connectivity index (χ4v) is 1.85. The van der Waals surface area contributed by atoms with E-state index < -0.39 is 11.4 Å². The third kappa shape index (κ3) is 2.36. The molecule has 6 heteroatoms. The van der Waals surface area contributed by atoms with Crippen LogP contribution in [0.1, 0.15) is 12.5 Å². The fourth-order valence-electron chi connectivity index (χ4n) is 1.63. The van der Waals surface area contributed by atoms with Crippen molar-refractivity contribution in [1.29, 1.82) is 0 Å². The van der Waals surface area contributed by atoms with E-state index in [4.69, 9.17) is 11.6 Å². The molecule has 0 saturated carbocycles. The van der Waals surface area contributed by atoms with Gasteiger partial charge in [0.05, 0.1) is 5.56 Å². The molecule has 4 nitrogen and oxygen atoms in total. The van der Waals surface area contributed by atoms with Gasteiger partial charge >= 0.3 is 0 Å². The average molecular weight is 269 g/mol. The third-order valence-corrected chi connectivity index (χ3v) is 2.70. The standard InChI is InChI=1S/C12H10ClFN2O2/c1-2-9-11(17)15-10(16-12(9)18)6-3-7(13)5-8(14)4-6/h3-5H,2H2,1H3,(H2,15,16,17,18). The molecule has 0 amide bonds. The number of aromatic hydroxyl groups is 1. The minimum atomic E-state index is -0.542. The average Bonchev–Trinajstić information content (AvgIpc) is 2.27. The molecule has 0 spiro atoms. The van der Waals surface area contributed by atoms with Gasteiger partial charge < -0.3 is 10.1 Å². The van der Waals surface area contributed by atoms with Gasteiger partial charge in [0.25, 0.3) is 5.56 Å². The van der Waals surface area contributed by atoms with Crippen LogP contribution in [0.3, 0.4) is 0 Å². The molecule has 1 aromatic heterocycles. The Bertz CT molecular complexity index is 635. The van der Waals surface area contributed by atoms with Gasteiger partial charge in [-0.05, 0) is 24.6 Å². The predicted octanol–water partition coefficient (Wildman–Crippen LogP) is 2.50. The van der Waals surface area contributed by atoms with Gasteiger partial charge in [-0.3, -0.25) is 4.79 Å². The van der Waals surface area contributed by atoms with Crippen molar-refractivity contribution < 1.29 is 9.50 Å². The summed E-state index contributed by atoms with van der Waals surface area (Å²) in [5, 5.41) is 9.80. The van der Waals surface area contributed by atoms with Crippen LogP contribution in [0.25, 0.3) is 11.4 Å². The lowest BCUT2D eigenvalue weighted by Crippen LogP contribution is -2.14. The van der Waals surface area contributed by atoms with Crippen molar-refractivity contribution in [3.05, 3.63) is 45.0 Å². The number of hydrogen-bond donors (Lipinski definition) is 2. The molecule has 0 saturated heterocycles. The summed E-state index contributed by atoms with van der Waals surface area (Å²) in [4.78, 5) is 18.0. The van der Waals surface area contributed by atoms with Gasteiger partial charge in [-0.25, -0.2) is 4.39 Å². The Morgan fingerprint density at radius 3 is 2.72 bits per heavy atom. The van der Waals surface area contributed by atoms with Crippen LogP contribution < -0.4 is 5.56 Å². The molecule has 94 valence electrons. The van der Waals surface area contributed by atoms with Gasteiger partial charge in [0, 0.05) is 10.6 Å². The van der Waals surface area contributed by atoms with Crippen molar-refractivity contribution in [2.75, 3.05) is 0 Å². The largest absolute Gasteiger partial charge is 0.493 e. The van der Waals surface area contributed by atoms with Gasteiger partial charge in [0.2, 0.25) is 5.88 Å². The zero-order valence-electron chi connectivity index (χ0n) is 9.50. The molecule has 0 bridgehead atoms. The maximum atomic E-state index is 13.2. The first kappa shape index (κ1) is 12.6. The molecule has 0 aliphatic heterocycles. The van der Waals surface area contributed by atoms with E-state index in [-0.39, 0.29) is 22.3 Å². The molecular formula is C12H10ClFN2O2. The molecule has 18 heavy (non-hydrogen) atoms. The highest BCUT2D eigenvalue weighted by molar-refractivity contribution is 6.30. The molecule has 0 atom stereocenters. The first-order chi connectivity index (χ1) is 8.51. The summed E-state index contributed by atoms with van der Waals surface area (Å²) in [7, 11) is 0. The number of halogens is 2. The third-order valence-electron chi connectivity index (χ3n) is 2.48. The molecule has 0 radical (unpaired) electrons. The summed E-state index contributed by atoms with van der Waals surface area (Å²) in [6, 6.07) is 3.77. The van der Waals surface area contributed by atoms with Gasteiger partial charge in [-0.2, -0.15) is 4.98 Å². The molecule has 0 aliphatic rings. The Morgan fingerprint density at radius 1 is 1.44 bits per heavy atom. The number of benzene rings is 1. The Morgan fingerprint density at radius 2 is 2.17 bits per heavy atom. The van der Waals surface area contributed by atoms with Crippen molar-refractivity contribution in [3.8, 4) is 17.3 Å². The lowest BCUT2D eigenvalue weighted by atomic mass is 10.2. The molecule has 0 unspecified atom stereocenters. The second kappa shape index (κ2) is 4.78. The zero-order chi connectivity index (χ0) is 13.3. The first-order valence-corrected chi connectivity index (χ1v) is 5.67. The van der Waals surface area contributed by atoms with E-state index in [1.807, 2.05) is 0 Å². The summed E-state index contributed by atoms with van der Waals surface area (Å²) >= 11 is 5.72. The quantitative estimate of drug-likeness (QED) is 0.879. The smallest absolute Gasteiger partial charge is 0.258 e. The summed E-state index contributed by atoms with van der Waals surface area (Å²) < 4.78 is 13.2. The van der Waals surface area contributed by atoms with Gasteiger partial charge in [0.1, 0.15) is 11.6 Å². The molecular weight excluding hydrogens is 259 g/mol. The van der Waals surface area contributed by atoms with Crippen molar-refractivity contribution in [3.63, 3.8) is 0 Å². The Hall–Kier alpha value is -1.88. The van der Waals surface area contributed by atoms with Crippen molar-refractivity contribution >= 4 is 11.6 Å². The molecule has 0 fully saturated rings. The number of nitrogens with zero attached hydrogens (tertiary/aromatic N) is 1. The summed E-state index contributed by atoms with van der Waals surface area (Å²) in [5.41, 5.74) is 0.0525. The van der Waals surface area contributed by atoms with Crippen molar-refractivity contribution in [1.82, 2.24) is 9.97 Å². The van der Waals surface area contributed by atoms with Crippen LogP contribution in [0.15, 0.2) is 23.0 Å². The Labute approximate surface area is 107 Å². The van der Waals surface area contributed by atoms with Crippen LogP contribution in [-0.2, 0) is 6.42 Å². The number of aromatic amines is 1. The predicted molar refractivity (Wildman–Crippen MR) is 66.3 cm³/mol. The highest BCUT2D eigenvalue weighted by Crippen LogP contribution is 2.22. The molecule has 2 N–H and O–H groups in total. The normalized spacial score (nSPS) is 10.6. The van der Waals surface area contributed by atoms with Crippen LogP contribution in [0.4, 0.5) is 4.39 Å². The van der Waals surface area contributed by atoms with Crippen LogP contribution >= 0.6 is 11.6 Å². The highest BCUT2D eigenvalue weighted by Gasteiger charge is 2.11. The highest BCUT2D eigenvalue weighted by atomic mass is 35.5. The molecule has 2 aromatic rings. The zero-order valence-corrected chi connectivity index (χ0v) is 10.3. The van der Waals surface area contributed by atoms with Gasteiger partial charge in [-0.15, -0.1) is 0 Å². The van der Waals surface area contributed by atoms with Crippen LogP contribution in [0.2, 0.25) is 5.02 Å². The number of nitrogens with one attached hydrogen (secondary N) is 1. The fraction of sp³-hybridized carbons (Fsp3) is 0.167. The number of hydrogen-bond acceptors (Lipinski definition) is 3. The maximum absolute atomic E-state index is 13.2. The lowest BCUT2D eigenvalue weighted by molar-refractivity contribution is 0.444. The summed E-state index contributed by atoms with van der Waals surface area (Å²) in [5.74, 6) is -0.813. The Balaban J connectivity index is 2.61. The minimum absolute atomic E-state index is 0.0797. The second-order valence-corrected chi connectivity index (χ2v) is 4.16. The van der Waals surface area contributed by atoms with E-state index in [0.717, 1.165) is 6.07 Å². The molecule has 1 aromatic carbocycles. The molecule has 1 heterocycles. The number of rotatable bonds is 2. The Kier molecular flexibility index (Phi) is 3.34. The topological polar surface area (TPSA) is 66.0 Å². The van der Waals surface area contributed by atoms with E-state index in [2.05, 4.69) is 9.97 Å². The second-order valence-electron chi connectivity index (χ2n) is 3.73. The van der Waals surface area contributed by atoms with E-state index in [9.17, 15) is 14.3 Å². The summed E-state index contributed by atoms with van der Waals surface area (Å²) in [6.07, 6.45) is 0.359. The monoisotopic (exact) mass is 268 g/mol. The van der Waals surface area contributed by atoms with E-state index in [0.29, 0.717) is 12.0 Å². The first-order valence-electron chi connectivity index (χ1n) is 5.30. The molecule has 2 rings (SSSR count). The SMILES string of the molecule is CCc1c(O)nc(-c2cc(F)cc(Cl)c2)[nH]c1=O. The molecule has 0 aliphatic carbocycles. The number of aromatic nitrogens is 2.